The number of phenolic OH excluding ortho intramolecular Hbond substituents is 1. The zero-order chi connectivity index (χ0) is 17.6. The lowest BCUT2D eigenvalue weighted by Crippen LogP contribution is -2.53. The number of carbonyl (C=O) groups excluding carboxylic acids is 3. The molecule has 0 fully saturated rings. The smallest absolute Gasteiger partial charge is 0.243 e. The first-order chi connectivity index (χ1) is 10.7. The van der Waals surface area contributed by atoms with E-state index in [4.69, 9.17) is 0 Å². The number of benzene rings is 1. The molecule has 0 saturated carbocycles. The number of aromatic hydroxyl groups is 1. The van der Waals surface area contributed by atoms with Gasteiger partial charge in [0.15, 0.2) is 5.78 Å². The molecule has 0 unspecified atom stereocenters. The number of nitrogens with one attached hydrogen (secondary N) is 2. The first kappa shape index (κ1) is 18.7. The van der Waals surface area contributed by atoms with Crippen molar-refractivity contribution in [2.24, 2.45) is 5.92 Å². The number of amides is 2. The molecule has 1 aromatic carbocycles. The van der Waals surface area contributed by atoms with Gasteiger partial charge in [0.05, 0.1) is 6.04 Å². The minimum Gasteiger partial charge on any atom is -0.508 e. The highest BCUT2D eigenvalue weighted by Gasteiger charge is 2.26. The van der Waals surface area contributed by atoms with Crippen LogP contribution in [0.4, 0.5) is 0 Å². The molecule has 3 N–H and O–H groups in total. The van der Waals surface area contributed by atoms with Crippen LogP contribution in [0.3, 0.4) is 0 Å². The Kier molecular flexibility index (Phi) is 6.75. The van der Waals surface area contributed by atoms with Crippen LogP contribution in [0.15, 0.2) is 24.3 Å². The summed E-state index contributed by atoms with van der Waals surface area (Å²) in [5, 5.41) is 14.6. The van der Waals surface area contributed by atoms with Crippen LogP contribution in [0.1, 0.15) is 33.3 Å². The van der Waals surface area contributed by atoms with Gasteiger partial charge in [0.2, 0.25) is 11.8 Å². The van der Waals surface area contributed by atoms with E-state index in [1.807, 2.05) is 13.8 Å². The fraction of sp³-hybridized carbons (Fsp3) is 0.471. The topological polar surface area (TPSA) is 95.5 Å². The standard InChI is InChI=1S/C17H24N2O4/c1-10(2)16(11(3)20)19-17(23)15(18-12(4)21)9-13-5-7-14(22)8-6-13/h5-8,10,15-16,22H,9H2,1-4H3,(H,18,21)(H,19,23)/t15-,16-/m0/s1. The Morgan fingerprint density at radius 1 is 1.04 bits per heavy atom. The Labute approximate surface area is 136 Å². The molecular weight excluding hydrogens is 296 g/mol. The molecule has 0 spiro atoms. The van der Waals surface area contributed by atoms with Crippen LogP contribution in [0.25, 0.3) is 0 Å². The van der Waals surface area contributed by atoms with Gasteiger partial charge < -0.3 is 15.7 Å². The second-order valence-electron chi connectivity index (χ2n) is 5.96. The summed E-state index contributed by atoms with van der Waals surface area (Å²) in [7, 11) is 0. The van der Waals surface area contributed by atoms with Crippen molar-refractivity contribution in [1.29, 1.82) is 0 Å². The summed E-state index contributed by atoms with van der Waals surface area (Å²) in [6, 6.07) is 5.04. The van der Waals surface area contributed by atoms with Crippen molar-refractivity contribution >= 4 is 17.6 Å². The van der Waals surface area contributed by atoms with E-state index in [-0.39, 0.29) is 29.8 Å². The second-order valence-corrected chi connectivity index (χ2v) is 5.96. The number of carbonyl (C=O) groups is 3. The van der Waals surface area contributed by atoms with Crippen LogP contribution < -0.4 is 10.6 Å². The lowest BCUT2D eigenvalue weighted by Gasteiger charge is -2.24. The maximum absolute atomic E-state index is 12.4. The van der Waals surface area contributed by atoms with Gasteiger partial charge in [0, 0.05) is 13.3 Å². The summed E-state index contributed by atoms with van der Waals surface area (Å²) in [4.78, 5) is 35.4. The van der Waals surface area contributed by atoms with E-state index in [0.717, 1.165) is 5.56 Å². The van der Waals surface area contributed by atoms with Crippen molar-refractivity contribution in [1.82, 2.24) is 10.6 Å². The van der Waals surface area contributed by atoms with Crippen molar-refractivity contribution in [3.05, 3.63) is 29.8 Å². The fourth-order valence-corrected chi connectivity index (χ4v) is 2.31. The van der Waals surface area contributed by atoms with Gasteiger partial charge in [-0.1, -0.05) is 26.0 Å². The van der Waals surface area contributed by atoms with Crippen molar-refractivity contribution in [3.63, 3.8) is 0 Å². The molecule has 23 heavy (non-hydrogen) atoms. The molecule has 0 heterocycles. The van der Waals surface area contributed by atoms with Crippen LogP contribution in [-0.2, 0) is 20.8 Å². The Balaban J connectivity index is 2.87. The summed E-state index contributed by atoms with van der Waals surface area (Å²) < 4.78 is 0. The maximum atomic E-state index is 12.4. The molecule has 0 aromatic heterocycles. The molecule has 2 amide bonds. The lowest BCUT2D eigenvalue weighted by molar-refractivity contribution is -0.131. The van der Waals surface area contributed by atoms with Gasteiger partial charge in [0.25, 0.3) is 0 Å². The molecule has 6 nitrogen and oxygen atoms in total. The van der Waals surface area contributed by atoms with Crippen LogP contribution in [0.5, 0.6) is 5.75 Å². The van der Waals surface area contributed by atoms with Gasteiger partial charge in [-0.15, -0.1) is 0 Å². The van der Waals surface area contributed by atoms with Gasteiger partial charge in [-0.25, -0.2) is 0 Å². The van der Waals surface area contributed by atoms with Crippen LogP contribution in [-0.4, -0.2) is 34.8 Å². The summed E-state index contributed by atoms with van der Waals surface area (Å²) in [5.41, 5.74) is 0.792. The van der Waals surface area contributed by atoms with Crippen LogP contribution in [0, 0.1) is 5.92 Å². The number of rotatable bonds is 7. The predicted molar refractivity (Wildman–Crippen MR) is 86.9 cm³/mol. The van der Waals surface area contributed by atoms with Crippen molar-refractivity contribution < 1.29 is 19.5 Å². The number of hydrogen-bond acceptors (Lipinski definition) is 4. The molecule has 1 rings (SSSR count). The molecular formula is C17H24N2O4. The minimum absolute atomic E-state index is 0.0388. The van der Waals surface area contributed by atoms with Crippen molar-refractivity contribution in [2.45, 2.75) is 46.2 Å². The highest BCUT2D eigenvalue weighted by atomic mass is 16.3. The van der Waals surface area contributed by atoms with E-state index >= 15 is 0 Å². The lowest BCUT2D eigenvalue weighted by atomic mass is 9.99. The number of phenols is 1. The highest BCUT2D eigenvalue weighted by molar-refractivity contribution is 5.92. The normalized spacial score (nSPS) is 13.3. The van der Waals surface area contributed by atoms with E-state index in [2.05, 4.69) is 10.6 Å². The van der Waals surface area contributed by atoms with E-state index < -0.39 is 18.0 Å². The highest BCUT2D eigenvalue weighted by Crippen LogP contribution is 2.12. The number of ketones is 1. The predicted octanol–water partition coefficient (Wildman–Crippen LogP) is 1.17. The second kappa shape index (κ2) is 8.31. The van der Waals surface area contributed by atoms with Gasteiger partial charge in [0.1, 0.15) is 11.8 Å². The van der Waals surface area contributed by atoms with Crippen molar-refractivity contribution in [2.75, 3.05) is 0 Å². The molecule has 1 aromatic rings. The van der Waals surface area contributed by atoms with E-state index in [0.29, 0.717) is 0 Å². The van der Waals surface area contributed by atoms with Crippen LogP contribution in [0.2, 0.25) is 0 Å². The van der Waals surface area contributed by atoms with E-state index in [9.17, 15) is 19.5 Å². The molecule has 0 saturated heterocycles. The zero-order valence-corrected chi connectivity index (χ0v) is 13.9. The minimum atomic E-state index is -0.780. The molecule has 0 aliphatic heterocycles. The molecule has 0 aliphatic carbocycles. The Morgan fingerprint density at radius 3 is 2.04 bits per heavy atom. The molecule has 0 aliphatic rings. The maximum Gasteiger partial charge on any atom is 0.243 e. The molecule has 126 valence electrons. The molecule has 2 atom stereocenters. The van der Waals surface area contributed by atoms with Gasteiger partial charge >= 0.3 is 0 Å². The van der Waals surface area contributed by atoms with Crippen molar-refractivity contribution in [3.8, 4) is 5.75 Å². The SMILES string of the molecule is CC(=O)N[C@@H](Cc1ccc(O)cc1)C(=O)N[C@H](C(C)=O)C(C)C. The monoisotopic (exact) mass is 320 g/mol. The van der Waals surface area contributed by atoms with Gasteiger partial charge in [-0.3, -0.25) is 14.4 Å². The zero-order valence-electron chi connectivity index (χ0n) is 13.9. The van der Waals surface area contributed by atoms with E-state index in [1.54, 1.807) is 12.1 Å². The Hall–Kier alpha value is -2.37. The third kappa shape index (κ3) is 6.10. The summed E-state index contributed by atoms with van der Waals surface area (Å²) in [6.45, 7) is 6.46. The Morgan fingerprint density at radius 2 is 1.61 bits per heavy atom. The quantitative estimate of drug-likeness (QED) is 0.703. The average molecular weight is 320 g/mol. The molecule has 0 bridgehead atoms. The summed E-state index contributed by atoms with van der Waals surface area (Å²) in [5.74, 6) is -0.761. The average Bonchev–Trinajstić information content (AvgIpc) is 2.44. The number of hydrogen-bond donors (Lipinski definition) is 3. The van der Waals surface area contributed by atoms with E-state index in [1.165, 1.54) is 26.0 Å². The summed E-state index contributed by atoms with van der Waals surface area (Å²) in [6.07, 6.45) is 0.272. The third-order valence-corrected chi connectivity index (χ3v) is 3.47. The largest absolute Gasteiger partial charge is 0.508 e. The first-order valence-corrected chi connectivity index (χ1v) is 7.56. The molecule has 0 radical (unpaired) electrons. The van der Waals surface area contributed by atoms with Crippen LogP contribution >= 0.6 is 0 Å². The number of Topliss-reactive ketones (excluding diaryl/α,β-unsaturated/α-hetero) is 1. The summed E-state index contributed by atoms with van der Waals surface area (Å²) >= 11 is 0. The first-order valence-electron chi connectivity index (χ1n) is 7.56. The fourth-order valence-electron chi connectivity index (χ4n) is 2.31. The Bertz CT molecular complexity index is 566. The third-order valence-electron chi connectivity index (χ3n) is 3.47. The van der Waals surface area contributed by atoms with Gasteiger partial charge in [-0.2, -0.15) is 0 Å². The molecule has 6 heteroatoms. The van der Waals surface area contributed by atoms with Gasteiger partial charge in [-0.05, 0) is 30.5 Å².